The minimum Gasteiger partial charge on any atom is -0.497 e. The van der Waals surface area contributed by atoms with Crippen LogP contribution in [-0.2, 0) is 0 Å². The highest BCUT2D eigenvalue weighted by molar-refractivity contribution is 7.99. The van der Waals surface area contributed by atoms with Gasteiger partial charge in [0.15, 0.2) is 0 Å². The van der Waals surface area contributed by atoms with Gasteiger partial charge >= 0.3 is 5.97 Å². The van der Waals surface area contributed by atoms with E-state index in [2.05, 4.69) is 0 Å². The predicted octanol–water partition coefficient (Wildman–Crippen LogP) is 3.61. The molecule has 0 saturated carbocycles. The highest BCUT2D eigenvalue weighted by Crippen LogP contribution is 2.34. The summed E-state index contributed by atoms with van der Waals surface area (Å²) in [4.78, 5) is 13.1. The van der Waals surface area contributed by atoms with Crippen molar-refractivity contribution in [2.24, 2.45) is 0 Å². The van der Waals surface area contributed by atoms with Gasteiger partial charge in [-0.15, -0.1) is 11.3 Å². The summed E-state index contributed by atoms with van der Waals surface area (Å²) in [6.45, 7) is 0. The first kappa shape index (κ1) is 12.0. The molecule has 0 fully saturated rings. The third kappa shape index (κ3) is 2.81. The molecule has 5 heteroatoms. The van der Waals surface area contributed by atoms with Crippen LogP contribution in [0.15, 0.2) is 45.5 Å². The summed E-state index contributed by atoms with van der Waals surface area (Å²) in [5, 5.41) is 10.8. The van der Waals surface area contributed by atoms with Gasteiger partial charge < -0.3 is 9.84 Å². The maximum atomic E-state index is 11.0. The van der Waals surface area contributed by atoms with Crippen molar-refractivity contribution in [2.45, 2.75) is 9.79 Å². The molecule has 0 spiro atoms. The quantitative estimate of drug-likeness (QED) is 0.918. The number of methoxy groups -OCH3 is 1. The minimum absolute atomic E-state index is 0.380. The highest BCUT2D eigenvalue weighted by Gasteiger charge is 2.12. The third-order valence-corrected chi connectivity index (χ3v) is 4.21. The van der Waals surface area contributed by atoms with E-state index in [9.17, 15) is 4.79 Å². The molecule has 88 valence electrons. The molecule has 0 atom stereocenters. The number of carbonyl (C=O) groups is 1. The number of thiophene rings is 1. The Balaban J connectivity index is 2.19. The van der Waals surface area contributed by atoms with Gasteiger partial charge in [0, 0.05) is 9.79 Å². The monoisotopic (exact) mass is 266 g/mol. The number of rotatable bonds is 4. The van der Waals surface area contributed by atoms with Crippen LogP contribution in [0.4, 0.5) is 0 Å². The molecule has 0 unspecified atom stereocenters. The van der Waals surface area contributed by atoms with Crippen LogP contribution in [0.3, 0.4) is 0 Å². The van der Waals surface area contributed by atoms with Crippen LogP contribution in [0.25, 0.3) is 0 Å². The average molecular weight is 266 g/mol. The molecule has 1 aromatic heterocycles. The molecule has 0 saturated heterocycles. The van der Waals surface area contributed by atoms with E-state index < -0.39 is 5.97 Å². The number of aromatic carboxylic acids is 1. The Bertz CT molecular complexity index is 517. The van der Waals surface area contributed by atoms with Crippen LogP contribution in [0.1, 0.15) is 9.67 Å². The van der Waals surface area contributed by atoms with Crippen LogP contribution in [-0.4, -0.2) is 18.2 Å². The molecule has 17 heavy (non-hydrogen) atoms. The first-order chi connectivity index (χ1) is 8.20. The van der Waals surface area contributed by atoms with Gasteiger partial charge in [-0.25, -0.2) is 4.79 Å². The van der Waals surface area contributed by atoms with Gasteiger partial charge in [0.2, 0.25) is 0 Å². The zero-order chi connectivity index (χ0) is 12.3. The fourth-order valence-electron chi connectivity index (χ4n) is 1.30. The standard InChI is InChI=1S/C12H10O3S2/c1-15-8-2-4-9(5-3-8)17-10-6-7-16-11(10)12(13)14/h2-7H,1H3,(H,13,14). The van der Waals surface area contributed by atoms with Crippen LogP contribution in [0.5, 0.6) is 5.75 Å². The molecule has 2 aromatic rings. The Morgan fingerprint density at radius 3 is 2.59 bits per heavy atom. The Labute approximate surface area is 107 Å². The Morgan fingerprint density at radius 2 is 2.00 bits per heavy atom. The fraction of sp³-hybridized carbons (Fsp3) is 0.0833. The maximum Gasteiger partial charge on any atom is 0.347 e. The second kappa shape index (κ2) is 5.25. The number of carboxylic acid groups (broad SMARTS) is 1. The number of hydrogen-bond acceptors (Lipinski definition) is 4. The van der Waals surface area contributed by atoms with Crippen LogP contribution in [0.2, 0.25) is 0 Å². The molecule has 3 nitrogen and oxygen atoms in total. The summed E-state index contributed by atoms with van der Waals surface area (Å²) in [6.07, 6.45) is 0. The van der Waals surface area contributed by atoms with Gasteiger partial charge in [-0.3, -0.25) is 0 Å². The van der Waals surface area contributed by atoms with Crippen molar-refractivity contribution < 1.29 is 14.6 Å². The molecule has 0 aliphatic heterocycles. The summed E-state index contributed by atoms with van der Waals surface area (Å²) < 4.78 is 5.07. The average Bonchev–Trinajstić information content (AvgIpc) is 2.78. The lowest BCUT2D eigenvalue weighted by molar-refractivity contribution is 0.0699. The summed E-state index contributed by atoms with van der Waals surface area (Å²) in [6, 6.07) is 9.35. The molecular formula is C12H10O3S2. The van der Waals surface area contributed by atoms with Crippen LogP contribution >= 0.6 is 23.1 Å². The lowest BCUT2D eigenvalue weighted by Crippen LogP contribution is -1.93. The van der Waals surface area contributed by atoms with E-state index in [1.54, 1.807) is 12.5 Å². The van der Waals surface area contributed by atoms with Crippen molar-refractivity contribution >= 4 is 29.1 Å². The fourth-order valence-corrected chi connectivity index (χ4v) is 3.13. The summed E-state index contributed by atoms with van der Waals surface area (Å²) in [7, 11) is 1.61. The van der Waals surface area contributed by atoms with Crippen molar-refractivity contribution in [1.82, 2.24) is 0 Å². The van der Waals surface area contributed by atoms with Crippen molar-refractivity contribution in [3.05, 3.63) is 40.6 Å². The molecule has 2 rings (SSSR count). The molecule has 0 radical (unpaired) electrons. The second-order valence-electron chi connectivity index (χ2n) is 3.20. The molecular weight excluding hydrogens is 256 g/mol. The van der Waals surface area contributed by atoms with Gasteiger partial charge in [0.05, 0.1) is 7.11 Å². The smallest absolute Gasteiger partial charge is 0.347 e. The number of ether oxygens (including phenoxy) is 1. The van der Waals surface area contributed by atoms with Gasteiger partial charge in [0.25, 0.3) is 0 Å². The first-order valence-electron chi connectivity index (χ1n) is 4.83. The summed E-state index contributed by atoms with van der Waals surface area (Å²) in [5.41, 5.74) is 0. The first-order valence-corrected chi connectivity index (χ1v) is 6.53. The van der Waals surface area contributed by atoms with Crippen molar-refractivity contribution in [2.75, 3.05) is 7.11 Å². The minimum atomic E-state index is -0.879. The van der Waals surface area contributed by atoms with E-state index >= 15 is 0 Å². The molecule has 0 amide bonds. The zero-order valence-corrected chi connectivity index (χ0v) is 10.7. The summed E-state index contributed by atoms with van der Waals surface area (Å²) >= 11 is 2.68. The van der Waals surface area contributed by atoms with Gasteiger partial charge in [-0.05, 0) is 35.7 Å². The van der Waals surface area contributed by atoms with E-state index in [0.29, 0.717) is 4.88 Å². The van der Waals surface area contributed by atoms with Crippen molar-refractivity contribution in [3.8, 4) is 5.75 Å². The normalized spacial score (nSPS) is 10.2. The lowest BCUT2D eigenvalue weighted by atomic mass is 10.3. The Hall–Kier alpha value is -1.46. The molecule has 0 bridgehead atoms. The van der Waals surface area contributed by atoms with Gasteiger partial charge in [-0.1, -0.05) is 11.8 Å². The Kier molecular flexibility index (Phi) is 3.71. The topological polar surface area (TPSA) is 46.5 Å². The molecule has 0 aliphatic carbocycles. The molecule has 0 aliphatic rings. The van der Waals surface area contributed by atoms with Gasteiger partial charge in [-0.2, -0.15) is 0 Å². The van der Waals surface area contributed by atoms with Gasteiger partial charge in [0.1, 0.15) is 10.6 Å². The number of carboxylic acids is 1. The zero-order valence-electron chi connectivity index (χ0n) is 9.04. The number of benzene rings is 1. The highest BCUT2D eigenvalue weighted by atomic mass is 32.2. The maximum absolute atomic E-state index is 11.0. The van der Waals surface area contributed by atoms with E-state index in [1.807, 2.05) is 30.3 Å². The lowest BCUT2D eigenvalue weighted by Gasteiger charge is -2.02. The van der Waals surface area contributed by atoms with Crippen molar-refractivity contribution in [3.63, 3.8) is 0 Å². The predicted molar refractivity (Wildman–Crippen MR) is 68.4 cm³/mol. The SMILES string of the molecule is COc1ccc(Sc2ccsc2C(=O)O)cc1. The largest absolute Gasteiger partial charge is 0.497 e. The van der Waals surface area contributed by atoms with Crippen LogP contribution in [0, 0.1) is 0 Å². The van der Waals surface area contributed by atoms with Crippen molar-refractivity contribution in [1.29, 1.82) is 0 Å². The van der Waals surface area contributed by atoms with E-state index in [1.165, 1.54) is 23.1 Å². The van der Waals surface area contributed by atoms with E-state index in [0.717, 1.165) is 15.5 Å². The van der Waals surface area contributed by atoms with Crippen LogP contribution < -0.4 is 4.74 Å². The van der Waals surface area contributed by atoms with E-state index in [-0.39, 0.29) is 0 Å². The molecule has 1 N–H and O–H groups in total. The number of hydrogen-bond donors (Lipinski definition) is 1. The summed E-state index contributed by atoms with van der Waals surface area (Å²) in [5.74, 6) is -0.0888. The molecule has 1 aromatic carbocycles. The van der Waals surface area contributed by atoms with E-state index in [4.69, 9.17) is 9.84 Å². The second-order valence-corrected chi connectivity index (χ2v) is 5.23. The Morgan fingerprint density at radius 1 is 1.29 bits per heavy atom. The third-order valence-electron chi connectivity index (χ3n) is 2.11. The molecule has 1 heterocycles.